The van der Waals surface area contributed by atoms with Crippen molar-refractivity contribution in [2.75, 3.05) is 29.5 Å². The lowest BCUT2D eigenvalue weighted by Crippen LogP contribution is -2.31. The highest BCUT2D eigenvalue weighted by molar-refractivity contribution is 7.92. The van der Waals surface area contributed by atoms with Gasteiger partial charge in [0, 0.05) is 13.0 Å². The van der Waals surface area contributed by atoms with Crippen molar-refractivity contribution in [3.05, 3.63) is 54.3 Å². The Morgan fingerprint density at radius 1 is 1.15 bits per heavy atom. The van der Waals surface area contributed by atoms with Crippen LogP contribution in [0.4, 0.5) is 15.8 Å². The third kappa shape index (κ3) is 5.45. The van der Waals surface area contributed by atoms with Crippen LogP contribution >= 0.6 is 0 Å². The maximum Gasteiger partial charge on any atom is 0.232 e. The minimum absolute atomic E-state index is 0.0660. The average Bonchev–Trinajstić information content (AvgIpc) is 2.60. The lowest BCUT2D eigenvalue weighted by molar-refractivity contribution is -0.116. The van der Waals surface area contributed by atoms with Gasteiger partial charge in [0.1, 0.15) is 11.6 Å². The Morgan fingerprint density at radius 3 is 2.38 bits per heavy atom. The van der Waals surface area contributed by atoms with E-state index in [-0.39, 0.29) is 24.6 Å². The molecule has 0 saturated carbocycles. The molecule has 1 amide bonds. The fourth-order valence-electron chi connectivity index (χ4n) is 2.39. The van der Waals surface area contributed by atoms with E-state index in [2.05, 4.69) is 5.32 Å². The highest BCUT2D eigenvalue weighted by atomic mass is 32.2. The van der Waals surface area contributed by atoms with Crippen LogP contribution in [0.15, 0.2) is 48.5 Å². The Hall–Kier alpha value is -2.61. The molecule has 8 heteroatoms. The molecular formula is C18H21FN2O4S. The van der Waals surface area contributed by atoms with Gasteiger partial charge in [0.05, 0.1) is 24.7 Å². The standard InChI is InChI=1S/C18H21FN2O4S/c1-25-15-11-9-14(10-12-15)21(26(2,23)24)13-5-8-18(22)20-17-7-4-3-6-16(17)19/h3-4,6-7,9-12H,5,8,13H2,1-2H3,(H,20,22). The zero-order chi connectivity index (χ0) is 19.2. The second-order valence-corrected chi connectivity index (χ2v) is 7.57. The van der Waals surface area contributed by atoms with Gasteiger partial charge in [-0.15, -0.1) is 0 Å². The van der Waals surface area contributed by atoms with Crippen LogP contribution in [-0.4, -0.2) is 34.2 Å². The minimum Gasteiger partial charge on any atom is -0.497 e. The molecule has 0 radical (unpaired) electrons. The smallest absolute Gasteiger partial charge is 0.232 e. The normalized spacial score (nSPS) is 11.0. The zero-order valence-corrected chi connectivity index (χ0v) is 15.4. The van der Waals surface area contributed by atoms with Crippen molar-refractivity contribution in [2.24, 2.45) is 0 Å². The SMILES string of the molecule is COc1ccc(N(CCCC(=O)Nc2ccccc2F)S(C)(=O)=O)cc1. The van der Waals surface area contributed by atoms with Crippen LogP contribution < -0.4 is 14.4 Å². The molecule has 2 aromatic rings. The molecule has 6 nitrogen and oxygen atoms in total. The fourth-order valence-corrected chi connectivity index (χ4v) is 3.36. The van der Waals surface area contributed by atoms with Gasteiger partial charge in [-0.3, -0.25) is 9.10 Å². The van der Waals surface area contributed by atoms with E-state index in [1.807, 2.05) is 0 Å². The monoisotopic (exact) mass is 380 g/mol. The van der Waals surface area contributed by atoms with Gasteiger partial charge in [0.2, 0.25) is 15.9 Å². The number of carbonyl (C=O) groups is 1. The Labute approximate surface area is 152 Å². The molecule has 0 unspecified atom stereocenters. The third-order valence-electron chi connectivity index (χ3n) is 3.67. The molecule has 0 aliphatic rings. The van der Waals surface area contributed by atoms with Crippen LogP contribution in [0.2, 0.25) is 0 Å². The Kier molecular flexibility index (Phi) is 6.57. The van der Waals surface area contributed by atoms with E-state index >= 15 is 0 Å². The summed E-state index contributed by atoms with van der Waals surface area (Å²) >= 11 is 0. The molecule has 0 saturated heterocycles. The Bertz CT molecular complexity index is 854. The number of sulfonamides is 1. The molecule has 0 spiro atoms. The molecule has 0 fully saturated rings. The first-order valence-corrected chi connectivity index (χ1v) is 9.82. The number of rotatable bonds is 8. The predicted octanol–water partition coefficient (Wildman–Crippen LogP) is 3.02. The highest BCUT2D eigenvalue weighted by Gasteiger charge is 2.18. The summed E-state index contributed by atoms with van der Waals surface area (Å²) in [4.78, 5) is 12.0. The molecule has 0 aliphatic carbocycles. The second-order valence-electron chi connectivity index (χ2n) is 5.66. The maximum atomic E-state index is 13.5. The number of halogens is 1. The van der Waals surface area contributed by atoms with Crippen LogP contribution in [-0.2, 0) is 14.8 Å². The zero-order valence-electron chi connectivity index (χ0n) is 14.6. The largest absolute Gasteiger partial charge is 0.497 e. The predicted molar refractivity (Wildman–Crippen MR) is 99.4 cm³/mol. The summed E-state index contributed by atoms with van der Waals surface area (Å²) in [5.41, 5.74) is 0.593. The second kappa shape index (κ2) is 8.66. The maximum absolute atomic E-state index is 13.5. The van der Waals surface area contributed by atoms with Crippen molar-refractivity contribution in [3.8, 4) is 5.75 Å². The van der Waals surface area contributed by atoms with Gasteiger partial charge >= 0.3 is 0 Å². The van der Waals surface area contributed by atoms with Gasteiger partial charge in [-0.2, -0.15) is 0 Å². The van der Waals surface area contributed by atoms with Gasteiger partial charge in [-0.1, -0.05) is 12.1 Å². The lowest BCUT2D eigenvalue weighted by atomic mass is 10.2. The molecule has 0 bridgehead atoms. The van der Waals surface area contributed by atoms with E-state index in [4.69, 9.17) is 4.74 Å². The van der Waals surface area contributed by atoms with E-state index in [0.717, 1.165) is 6.26 Å². The van der Waals surface area contributed by atoms with Crippen LogP contribution in [0, 0.1) is 5.82 Å². The molecule has 0 heterocycles. The number of benzene rings is 2. The van der Waals surface area contributed by atoms with Crippen LogP contribution in [0.3, 0.4) is 0 Å². The van der Waals surface area contributed by atoms with Crippen molar-refractivity contribution in [2.45, 2.75) is 12.8 Å². The van der Waals surface area contributed by atoms with E-state index in [9.17, 15) is 17.6 Å². The van der Waals surface area contributed by atoms with Gasteiger partial charge in [-0.05, 0) is 42.8 Å². The summed E-state index contributed by atoms with van der Waals surface area (Å²) in [7, 11) is -1.97. The van der Waals surface area contributed by atoms with E-state index in [1.54, 1.807) is 30.3 Å². The number of anilines is 2. The molecule has 0 atom stereocenters. The number of amides is 1. The van der Waals surface area contributed by atoms with E-state index in [1.165, 1.54) is 29.6 Å². The average molecular weight is 380 g/mol. The van der Waals surface area contributed by atoms with E-state index in [0.29, 0.717) is 17.9 Å². The first-order valence-electron chi connectivity index (χ1n) is 7.97. The third-order valence-corrected chi connectivity index (χ3v) is 4.87. The Balaban J connectivity index is 1.97. The molecule has 26 heavy (non-hydrogen) atoms. The minimum atomic E-state index is -3.50. The number of methoxy groups -OCH3 is 1. The topological polar surface area (TPSA) is 75.7 Å². The quantitative estimate of drug-likeness (QED) is 0.764. The number of carbonyl (C=O) groups excluding carboxylic acids is 1. The number of hydrogen-bond acceptors (Lipinski definition) is 4. The van der Waals surface area contributed by atoms with Crippen molar-refractivity contribution in [3.63, 3.8) is 0 Å². The van der Waals surface area contributed by atoms with Gasteiger partial charge in [0.25, 0.3) is 0 Å². The number of para-hydroxylation sites is 1. The Morgan fingerprint density at radius 2 is 1.81 bits per heavy atom. The summed E-state index contributed by atoms with van der Waals surface area (Å²) < 4.78 is 43.9. The van der Waals surface area contributed by atoms with E-state index < -0.39 is 15.8 Å². The van der Waals surface area contributed by atoms with Gasteiger partial charge in [0.15, 0.2) is 0 Å². The number of nitrogens with one attached hydrogen (secondary N) is 1. The summed E-state index contributed by atoms with van der Waals surface area (Å²) in [6.07, 6.45) is 1.46. The van der Waals surface area contributed by atoms with Crippen molar-refractivity contribution in [1.82, 2.24) is 0 Å². The summed E-state index contributed by atoms with van der Waals surface area (Å²) in [5, 5.41) is 2.48. The summed E-state index contributed by atoms with van der Waals surface area (Å²) in [5.74, 6) is -0.276. The van der Waals surface area contributed by atoms with Crippen molar-refractivity contribution < 1.29 is 22.3 Å². The first kappa shape index (κ1) is 19.7. The van der Waals surface area contributed by atoms with Gasteiger partial charge < -0.3 is 10.1 Å². The van der Waals surface area contributed by atoms with Crippen LogP contribution in [0.5, 0.6) is 5.75 Å². The molecule has 2 rings (SSSR count). The van der Waals surface area contributed by atoms with Gasteiger partial charge in [-0.25, -0.2) is 12.8 Å². The van der Waals surface area contributed by atoms with Crippen molar-refractivity contribution >= 4 is 27.3 Å². The summed E-state index contributed by atoms with van der Waals surface area (Å²) in [6, 6.07) is 12.5. The molecule has 140 valence electrons. The summed E-state index contributed by atoms with van der Waals surface area (Å²) in [6.45, 7) is 0.135. The first-order chi connectivity index (χ1) is 12.3. The molecular weight excluding hydrogens is 359 g/mol. The number of hydrogen-bond donors (Lipinski definition) is 1. The molecule has 1 N–H and O–H groups in total. The van der Waals surface area contributed by atoms with Crippen LogP contribution in [0.25, 0.3) is 0 Å². The number of nitrogens with zero attached hydrogens (tertiary/aromatic N) is 1. The fraction of sp³-hybridized carbons (Fsp3) is 0.278. The number of ether oxygens (including phenoxy) is 1. The lowest BCUT2D eigenvalue weighted by Gasteiger charge is -2.22. The van der Waals surface area contributed by atoms with Crippen molar-refractivity contribution in [1.29, 1.82) is 0 Å². The van der Waals surface area contributed by atoms with Crippen LogP contribution in [0.1, 0.15) is 12.8 Å². The molecule has 2 aromatic carbocycles. The molecule has 0 aromatic heterocycles. The molecule has 0 aliphatic heterocycles. The highest BCUT2D eigenvalue weighted by Crippen LogP contribution is 2.22.